The molecule has 2 N–H and O–H groups in total. The Morgan fingerprint density at radius 1 is 1.33 bits per heavy atom. The Labute approximate surface area is 122 Å². The summed E-state index contributed by atoms with van der Waals surface area (Å²) in [6.07, 6.45) is 2.77. The van der Waals surface area contributed by atoms with Crippen molar-refractivity contribution in [1.82, 2.24) is 9.97 Å². The van der Waals surface area contributed by atoms with Crippen LogP contribution in [0.5, 0.6) is 0 Å². The first kappa shape index (κ1) is 12.0. The Bertz CT molecular complexity index is 590. The average molecular weight is 370 g/mol. The molecule has 0 amide bonds. The summed E-state index contributed by atoms with van der Waals surface area (Å²) in [5, 5.41) is 0. The van der Waals surface area contributed by atoms with Gasteiger partial charge in [0.15, 0.2) is 0 Å². The van der Waals surface area contributed by atoms with Gasteiger partial charge in [0, 0.05) is 48.6 Å². The minimum atomic E-state index is 0.333. The van der Waals surface area contributed by atoms with E-state index in [0.29, 0.717) is 5.95 Å². The molecule has 0 aliphatic carbocycles. The van der Waals surface area contributed by atoms with Crippen LogP contribution in [-0.2, 0) is 6.42 Å². The summed E-state index contributed by atoms with van der Waals surface area (Å²) < 4.78 is 2.27. The van der Waals surface area contributed by atoms with Crippen LogP contribution >= 0.6 is 30.3 Å². The molecule has 0 saturated carbocycles. The number of aromatic nitrogens is 2. The fourth-order valence-corrected chi connectivity index (χ4v) is 3.76. The second-order valence-electron chi connectivity index (χ2n) is 4.04. The zero-order valence-corrected chi connectivity index (χ0v) is 12.5. The maximum atomic E-state index is 5.71. The topological polar surface area (TPSA) is 55.0 Å². The number of anilines is 2. The van der Waals surface area contributed by atoms with Gasteiger partial charge in [-0.2, -0.15) is 0 Å². The number of halogens is 1. The molecule has 4 nitrogen and oxygen atoms in total. The van der Waals surface area contributed by atoms with Crippen LogP contribution < -0.4 is 10.0 Å². The van der Waals surface area contributed by atoms with E-state index in [-0.39, 0.29) is 0 Å². The molecule has 0 spiro atoms. The number of nitrogens with zero attached hydrogens (tertiary/aromatic N) is 3. The molecule has 0 unspecified atom stereocenters. The van der Waals surface area contributed by atoms with Crippen molar-refractivity contribution < 1.29 is 0 Å². The molecule has 0 radical (unpaired) electrons. The summed E-state index contributed by atoms with van der Waals surface area (Å²) in [5.74, 6) is 0.333. The molecule has 0 saturated heterocycles. The second kappa shape index (κ2) is 4.93. The van der Waals surface area contributed by atoms with Crippen molar-refractivity contribution >= 4 is 42.0 Å². The molecule has 18 heavy (non-hydrogen) atoms. The number of hydrogen-bond donors (Lipinski definition) is 1. The summed E-state index contributed by atoms with van der Waals surface area (Å²) in [4.78, 5) is 8.51. The van der Waals surface area contributed by atoms with Crippen LogP contribution in [0.4, 0.5) is 11.6 Å². The molecule has 3 rings (SSSR count). The van der Waals surface area contributed by atoms with E-state index < -0.39 is 0 Å². The fraction of sp³-hybridized carbons (Fsp3) is 0.167. The van der Waals surface area contributed by atoms with Crippen molar-refractivity contribution in [2.75, 3.05) is 16.6 Å². The minimum absolute atomic E-state index is 0.333. The third-order valence-corrected chi connectivity index (χ3v) is 4.95. The van der Waals surface area contributed by atoms with Crippen molar-refractivity contribution in [2.24, 2.45) is 0 Å². The predicted octanol–water partition coefficient (Wildman–Crippen LogP) is 3.09. The van der Waals surface area contributed by atoms with E-state index in [1.165, 1.54) is 5.69 Å². The van der Waals surface area contributed by atoms with E-state index in [9.17, 15) is 0 Å². The van der Waals surface area contributed by atoms with E-state index in [2.05, 4.69) is 47.6 Å². The highest BCUT2D eigenvalue weighted by Gasteiger charge is 2.20. The maximum Gasteiger partial charge on any atom is 0.220 e. The van der Waals surface area contributed by atoms with Crippen LogP contribution in [0.2, 0.25) is 0 Å². The zero-order chi connectivity index (χ0) is 12.5. The van der Waals surface area contributed by atoms with Crippen molar-refractivity contribution in [3.05, 3.63) is 36.0 Å². The van der Waals surface area contributed by atoms with Gasteiger partial charge in [-0.05, 0) is 18.1 Å². The van der Waals surface area contributed by atoms with Crippen LogP contribution in [0.25, 0.3) is 11.3 Å². The third-order valence-electron chi connectivity index (χ3n) is 2.98. The zero-order valence-electron chi connectivity index (χ0n) is 9.51. The van der Waals surface area contributed by atoms with E-state index in [1.807, 2.05) is 18.3 Å². The van der Waals surface area contributed by atoms with Gasteiger partial charge in [0.2, 0.25) is 5.95 Å². The van der Waals surface area contributed by atoms with Crippen LogP contribution in [0, 0.1) is 0 Å². The smallest absolute Gasteiger partial charge is 0.220 e. The van der Waals surface area contributed by atoms with Crippen molar-refractivity contribution in [3.8, 4) is 11.3 Å². The Hall–Kier alpha value is -1.02. The minimum Gasteiger partial charge on any atom is -0.368 e. The first-order valence-electron chi connectivity index (χ1n) is 5.56. The number of rotatable bonds is 1. The van der Waals surface area contributed by atoms with E-state index >= 15 is 0 Å². The molecule has 2 heterocycles. The van der Waals surface area contributed by atoms with Gasteiger partial charge >= 0.3 is 0 Å². The Balaban J connectivity index is 2.24. The van der Waals surface area contributed by atoms with Gasteiger partial charge < -0.3 is 10.0 Å². The molecular formula is C12H11IN4S. The highest BCUT2D eigenvalue weighted by atomic mass is 127. The van der Waals surface area contributed by atoms with E-state index in [4.69, 9.17) is 5.73 Å². The second-order valence-corrected chi connectivity index (χ2v) is 5.80. The molecule has 92 valence electrons. The van der Waals surface area contributed by atoms with Crippen LogP contribution in [0.1, 0.15) is 5.56 Å². The molecule has 6 heteroatoms. The summed E-state index contributed by atoms with van der Waals surface area (Å²) >= 11 is 2.31. The summed E-state index contributed by atoms with van der Waals surface area (Å²) in [6.45, 7) is 0.949. The highest BCUT2D eigenvalue weighted by molar-refractivity contribution is 14.2. The SMILES string of the molecule is Nc1ncc2c(n1)-c1ccccc1N(SI)CC2. The van der Waals surface area contributed by atoms with Gasteiger partial charge in [-0.25, -0.2) is 9.97 Å². The number of hydrogen-bond acceptors (Lipinski definition) is 5. The van der Waals surface area contributed by atoms with Crippen LogP contribution in [-0.4, -0.2) is 16.5 Å². The van der Waals surface area contributed by atoms with Gasteiger partial charge in [0.05, 0.1) is 11.4 Å². The van der Waals surface area contributed by atoms with Gasteiger partial charge in [0.25, 0.3) is 0 Å². The fourth-order valence-electron chi connectivity index (χ4n) is 2.14. The molecule has 0 bridgehead atoms. The lowest BCUT2D eigenvalue weighted by atomic mass is 10.1. The number of fused-ring (bicyclic) bond motifs is 3. The monoisotopic (exact) mass is 370 g/mol. The number of para-hydroxylation sites is 1. The van der Waals surface area contributed by atoms with Crippen molar-refractivity contribution in [1.29, 1.82) is 0 Å². The molecule has 0 fully saturated rings. The van der Waals surface area contributed by atoms with E-state index in [1.54, 1.807) is 9.12 Å². The molecule has 1 aromatic heterocycles. The van der Waals surface area contributed by atoms with Crippen LogP contribution in [0.3, 0.4) is 0 Å². The number of nitrogen functional groups attached to an aromatic ring is 1. The summed E-state index contributed by atoms with van der Waals surface area (Å²) in [6, 6.07) is 8.29. The number of nitrogens with two attached hydrogens (primary N) is 1. The predicted molar refractivity (Wildman–Crippen MR) is 84.5 cm³/mol. The lowest BCUT2D eigenvalue weighted by molar-refractivity contribution is 0.964. The largest absolute Gasteiger partial charge is 0.368 e. The summed E-state index contributed by atoms with van der Waals surface area (Å²) in [5.41, 5.74) is 10.2. The van der Waals surface area contributed by atoms with Gasteiger partial charge in [-0.1, -0.05) is 18.2 Å². The van der Waals surface area contributed by atoms with E-state index in [0.717, 1.165) is 29.8 Å². The van der Waals surface area contributed by atoms with Crippen molar-refractivity contribution in [3.63, 3.8) is 0 Å². The van der Waals surface area contributed by atoms with Gasteiger partial charge in [-0.15, -0.1) is 0 Å². The highest BCUT2D eigenvalue weighted by Crippen LogP contribution is 2.39. The molecule has 1 aliphatic heterocycles. The molecule has 1 aliphatic rings. The lowest BCUT2D eigenvalue weighted by Crippen LogP contribution is -2.14. The molecule has 1 aromatic carbocycles. The number of benzene rings is 1. The standard InChI is InChI=1S/C12H11IN4S/c13-18-17-6-5-8-7-15-12(14)16-11(8)9-3-1-2-4-10(9)17/h1-4,7H,5-6H2,(H2,14,15,16). The molecule has 2 aromatic rings. The quantitative estimate of drug-likeness (QED) is 0.618. The lowest BCUT2D eigenvalue weighted by Gasteiger charge is -2.19. The molecular weight excluding hydrogens is 359 g/mol. The van der Waals surface area contributed by atoms with Crippen LogP contribution in [0.15, 0.2) is 30.5 Å². The third kappa shape index (κ3) is 2.03. The Morgan fingerprint density at radius 3 is 3.00 bits per heavy atom. The Kier molecular flexibility index (Phi) is 3.29. The average Bonchev–Trinajstić information content (AvgIpc) is 2.56. The summed E-state index contributed by atoms with van der Waals surface area (Å²) in [7, 11) is 1.70. The van der Waals surface area contributed by atoms with Gasteiger partial charge in [-0.3, -0.25) is 0 Å². The van der Waals surface area contributed by atoms with Gasteiger partial charge in [0.1, 0.15) is 0 Å². The maximum absolute atomic E-state index is 5.71. The molecule has 0 atom stereocenters. The van der Waals surface area contributed by atoms with Crippen molar-refractivity contribution in [2.45, 2.75) is 6.42 Å². The first-order chi connectivity index (χ1) is 8.79. The first-order valence-corrected chi connectivity index (χ1v) is 8.88. The normalized spacial score (nSPS) is 13.7. The Morgan fingerprint density at radius 2 is 2.17 bits per heavy atom.